The molecule has 5 nitrogen and oxygen atoms in total. The van der Waals surface area contributed by atoms with Gasteiger partial charge in [-0.25, -0.2) is 4.99 Å². The Hall–Kier alpha value is -1.05. The summed E-state index contributed by atoms with van der Waals surface area (Å²) in [6.07, 6.45) is 9.05. The zero-order valence-electron chi connectivity index (χ0n) is 15.2. The van der Waals surface area contributed by atoms with Crippen molar-refractivity contribution in [2.75, 3.05) is 13.1 Å². The summed E-state index contributed by atoms with van der Waals surface area (Å²) >= 11 is 0. The first-order valence-corrected chi connectivity index (χ1v) is 8.94. The minimum Gasteiger partial charge on any atom is -0.361 e. The van der Waals surface area contributed by atoms with E-state index in [-0.39, 0.29) is 24.0 Å². The van der Waals surface area contributed by atoms with Crippen LogP contribution in [0, 0.1) is 0 Å². The summed E-state index contributed by atoms with van der Waals surface area (Å²) in [5.74, 6) is 1.83. The van der Waals surface area contributed by atoms with E-state index in [0.29, 0.717) is 6.54 Å². The summed E-state index contributed by atoms with van der Waals surface area (Å²) in [5, 5.41) is 10.9. The lowest BCUT2D eigenvalue weighted by molar-refractivity contribution is 0.380. The van der Waals surface area contributed by atoms with Gasteiger partial charge in [-0.3, -0.25) is 0 Å². The largest absolute Gasteiger partial charge is 0.361 e. The van der Waals surface area contributed by atoms with Crippen molar-refractivity contribution >= 4 is 29.9 Å². The summed E-state index contributed by atoms with van der Waals surface area (Å²) in [7, 11) is 0. The smallest absolute Gasteiger partial charge is 0.191 e. The van der Waals surface area contributed by atoms with Gasteiger partial charge in [0, 0.05) is 25.1 Å². The molecule has 1 aliphatic rings. The van der Waals surface area contributed by atoms with Crippen LogP contribution in [-0.2, 0) is 19.4 Å². The Kier molecular flexibility index (Phi) is 10.1. The van der Waals surface area contributed by atoms with E-state index in [4.69, 9.17) is 9.52 Å². The first kappa shape index (κ1) is 21.0. The molecule has 0 aromatic carbocycles. The third-order valence-corrected chi connectivity index (χ3v) is 4.22. The predicted molar refractivity (Wildman–Crippen MR) is 110 cm³/mol. The van der Waals surface area contributed by atoms with E-state index in [0.717, 1.165) is 55.3 Å². The highest BCUT2D eigenvalue weighted by Gasteiger charge is 2.13. The molecule has 0 saturated heterocycles. The Morgan fingerprint density at radius 3 is 2.71 bits per heavy atom. The van der Waals surface area contributed by atoms with Gasteiger partial charge >= 0.3 is 0 Å². The van der Waals surface area contributed by atoms with Gasteiger partial charge in [0.1, 0.15) is 5.76 Å². The highest BCUT2D eigenvalue weighted by Crippen LogP contribution is 2.20. The molecule has 0 unspecified atom stereocenters. The number of aliphatic imine (C=N–C) groups is 1. The average molecular weight is 446 g/mol. The number of aryl methyl sites for hydroxylation is 2. The second-order valence-corrected chi connectivity index (χ2v) is 5.86. The molecular formula is C18H31IN4O. The number of aromatic nitrogens is 1. The summed E-state index contributed by atoms with van der Waals surface area (Å²) in [5.41, 5.74) is 3.75. The van der Waals surface area contributed by atoms with Crippen molar-refractivity contribution in [3.05, 3.63) is 28.7 Å². The van der Waals surface area contributed by atoms with E-state index in [1.807, 2.05) is 0 Å². The predicted octanol–water partition coefficient (Wildman–Crippen LogP) is 3.97. The van der Waals surface area contributed by atoms with Crippen molar-refractivity contribution < 1.29 is 4.52 Å². The van der Waals surface area contributed by atoms with E-state index in [9.17, 15) is 0 Å². The van der Waals surface area contributed by atoms with E-state index < -0.39 is 0 Å². The fraction of sp³-hybridized carbons (Fsp3) is 0.667. The van der Waals surface area contributed by atoms with Gasteiger partial charge in [-0.1, -0.05) is 30.7 Å². The van der Waals surface area contributed by atoms with Gasteiger partial charge in [0.2, 0.25) is 0 Å². The van der Waals surface area contributed by atoms with Crippen LogP contribution in [0.3, 0.4) is 0 Å². The third kappa shape index (κ3) is 6.11. The molecular weight excluding hydrogens is 415 g/mol. The van der Waals surface area contributed by atoms with Gasteiger partial charge in [0.05, 0.1) is 12.2 Å². The van der Waals surface area contributed by atoms with Crippen LogP contribution in [0.25, 0.3) is 0 Å². The zero-order chi connectivity index (χ0) is 16.5. The molecule has 0 bridgehead atoms. The molecule has 136 valence electrons. The molecule has 1 aliphatic carbocycles. The Morgan fingerprint density at radius 1 is 1.25 bits per heavy atom. The first-order chi connectivity index (χ1) is 11.3. The van der Waals surface area contributed by atoms with Crippen LogP contribution in [0.2, 0.25) is 0 Å². The second-order valence-electron chi connectivity index (χ2n) is 5.86. The number of allylic oxidation sites excluding steroid dienone is 1. The molecule has 6 heteroatoms. The summed E-state index contributed by atoms with van der Waals surface area (Å²) < 4.78 is 5.41. The quantitative estimate of drug-likeness (QED) is 0.275. The molecule has 1 aromatic rings. The molecule has 0 spiro atoms. The molecule has 1 heterocycles. The van der Waals surface area contributed by atoms with Crippen molar-refractivity contribution in [3.63, 3.8) is 0 Å². The third-order valence-electron chi connectivity index (χ3n) is 4.22. The molecule has 0 radical (unpaired) electrons. The Bertz CT molecular complexity index is 530. The van der Waals surface area contributed by atoms with Gasteiger partial charge in [-0.05, 0) is 39.0 Å². The SMILES string of the molecule is CCNC(=NCc1c(CC)noc1CC)NCCC1=CCCC1.I. The van der Waals surface area contributed by atoms with E-state index in [2.05, 4.69) is 42.6 Å². The first-order valence-electron chi connectivity index (χ1n) is 8.94. The molecule has 0 aliphatic heterocycles. The van der Waals surface area contributed by atoms with Gasteiger partial charge in [0.25, 0.3) is 0 Å². The molecule has 0 saturated carbocycles. The van der Waals surface area contributed by atoms with Gasteiger partial charge in [-0.2, -0.15) is 0 Å². The second kappa shape index (κ2) is 11.5. The number of guanidine groups is 1. The van der Waals surface area contributed by atoms with E-state index in [1.165, 1.54) is 19.3 Å². The lowest BCUT2D eigenvalue weighted by Crippen LogP contribution is -2.37. The number of nitrogens with zero attached hydrogens (tertiary/aromatic N) is 2. The molecule has 2 rings (SSSR count). The van der Waals surface area contributed by atoms with Crippen molar-refractivity contribution in [1.29, 1.82) is 0 Å². The Balaban J connectivity index is 0.00000288. The van der Waals surface area contributed by atoms with Gasteiger partial charge < -0.3 is 15.2 Å². The minimum absolute atomic E-state index is 0. The highest BCUT2D eigenvalue weighted by atomic mass is 127. The van der Waals surface area contributed by atoms with Gasteiger partial charge in [-0.15, -0.1) is 24.0 Å². The summed E-state index contributed by atoms with van der Waals surface area (Å²) in [4.78, 5) is 4.71. The van der Waals surface area contributed by atoms with Crippen molar-refractivity contribution in [1.82, 2.24) is 15.8 Å². The standard InChI is InChI=1S/C18H30N4O.HI/c1-4-16-15(17(5-2)23-22-16)13-21-18(19-6-3)20-12-11-14-9-7-8-10-14;/h9H,4-8,10-13H2,1-3H3,(H2,19,20,21);1H. The van der Waals surface area contributed by atoms with Crippen LogP contribution in [0.5, 0.6) is 0 Å². The number of nitrogens with one attached hydrogen (secondary N) is 2. The van der Waals surface area contributed by atoms with Crippen LogP contribution in [0.4, 0.5) is 0 Å². The lowest BCUT2D eigenvalue weighted by Gasteiger charge is -2.11. The van der Waals surface area contributed by atoms with Crippen LogP contribution >= 0.6 is 24.0 Å². The van der Waals surface area contributed by atoms with Crippen LogP contribution in [0.1, 0.15) is 63.5 Å². The van der Waals surface area contributed by atoms with Gasteiger partial charge in [0.15, 0.2) is 5.96 Å². The van der Waals surface area contributed by atoms with Crippen molar-refractivity contribution in [2.24, 2.45) is 4.99 Å². The molecule has 2 N–H and O–H groups in total. The molecule has 24 heavy (non-hydrogen) atoms. The number of hydrogen-bond donors (Lipinski definition) is 2. The van der Waals surface area contributed by atoms with E-state index >= 15 is 0 Å². The van der Waals surface area contributed by atoms with Crippen LogP contribution < -0.4 is 10.6 Å². The number of hydrogen-bond acceptors (Lipinski definition) is 3. The molecule has 0 atom stereocenters. The number of rotatable bonds is 8. The zero-order valence-corrected chi connectivity index (χ0v) is 17.5. The number of halogens is 1. The topological polar surface area (TPSA) is 62.5 Å². The molecule has 0 fully saturated rings. The van der Waals surface area contributed by atoms with Crippen LogP contribution in [-0.4, -0.2) is 24.2 Å². The maximum absolute atomic E-state index is 5.41. The normalized spacial score (nSPS) is 14.3. The van der Waals surface area contributed by atoms with Crippen molar-refractivity contribution in [3.8, 4) is 0 Å². The average Bonchev–Trinajstić information content (AvgIpc) is 3.21. The monoisotopic (exact) mass is 446 g/mol. The van der Waals surface area contributed by atoms with Crippen molar-refractivity contribution in [2.45, 2.75) is 65.8 Å². The Morgan fingerprint density at radius 2 is 2.08 bits per heavy atom. The Labute approximate surface area is 162 Å². The minimum atomic E-state index is 0. The maximum Gasteiger partial charge on any atom is 0.191 e. The summed E-state index contributed by atoms with van der Waals surface area (Å²) in [6.45, 7) is 8.69. The lowest BCUT2D eigenvalue weighted by atomic mass is 10.1. The summed E-state index contributed by atoms with van der Waals surface area (Å²) in [6, 6.07) is 0. The maximum atomic E-state index is 5.41. The highest BCUT2D eigenvalue weighted by molar-refractivity contribution is 14.0. The fourth-order valence-corrected chi connectivity index (χ4v) is 2.92. The van der Waals surface area contributed by atoms with Crippen LogP contribution in [0.15, 0.2) is 21.2 Å². The molecule has 0 amide bonds. The molecule has 1 aromatic heterocycles. The van der Waals surface area contributed by atoms with E-state index in [1.54, 1.807) is 5.57 Å². The fourth-order valence-electron chi connectivity index (χ4n) is 2.92.